The molecule has 0 fully saturated rings. The molecular formula is C32H33N3O5. The number of hydrogen-bond acceptors (Lipinski definition) is 6. The summed E-state index contributed by atoms with van der Waals surface area (Å²) in [7, 11) is 1.48. The van der Waals surface area contributed by atoms with Crippen LogP contribution in [0.1, 0.15) is 57.4 Å². The summed E-state index contributed by atoms with van der Waals surface area (Å²) in [6, 6.07) is 23.2. The van der Waals surface area contributed by atoms with Crippen molar-refractivity contribution in [2.45, 2.75) is 33.6 Å². The molecule has 0 saturated carbocycles. The van der Waals surface area contributed by atoms with Gasteiger partial charge in [0.25, 0.3) is 5.91 Å². The number of nitrogens with one attached hydrogen (secondary N) is 1. The van der Waals surface area contributed by atoms with Gasteiger partial charge in [-0.1, -0.05) is 13.3 Å². The topological polar surface area (TPSA) is 91.2 Å². The van der Waals surface area contributed by atoms with Crippen molar-refractivity contribution < 1.29 is 23.8 Å². The quantitative estimate of drug-likeness (QED) is 0.0798. The van der Waals surface area contributed by atoms with Gasteiger partial charge in [0.05, 0.1) is 25.5 Å². The van der Waals surface area contributed by atoms with Crippen molar-refractivity contribution in [3.63, 3.8) is 0 Å². The number of unbranched alkanes of at least 4 members (excludes halogenated alkanes) is 1. The number of hydrazone groups is 1. The SMILES string of the molecule is CCCCOc1ccc(C(=O)Oc2ccc(/C=N/NC(=O)c3ccc(-n4c(C)ccc4C)cc3)cc2OC)cc1. The number of nitrogens with zero attached hydrogens (tertiary/aromatic N) is 2. The molecule has 1 amide bonds. The second kappa shape index (κ2) is 13.3. The lowest BCUT2D eigenvalue weighted by Gasteiger charge is -2.11. The highest BCUT2D eigenvalue weighted by Crippen LogP contribution is 2.28. The predicted molar refractivity (Wildman–Crippen MR) is 155 cm³/mol. The zero-order chi connectivity index (χ0) is 28.5. The molecule has 0 aliphatic carbocycles. The fraction of sp³-hybridized carbons (Fsp3) is 0.219. The molecule has 8 nitrogen and oxygen atoms in total. The van der Waals surface area contributed by atoms with Crippen molar-refractivity contribution in [3.05, 3.63) is 107 Å². The van der Waals surface area contributed by atoms with Crippen LogP contribution in [0.25, 0.3) is 5.69 Å². The van der Waals surface area contributed by atoms with E-state index in [1.165, 1.54) is 13.3 Å². The first-order chi connectivity index (χ1) is 19.4. The minimum absolute atomic E-state index is 0.269. The van der Waals surface area contributed by atoms with Crippen molar-refractivity contribution in [2.24, 2.45) is 5.10 Å². The highest BCUT2D eigenvalue weighted by molar-refractivity contribution is 5.95. The molecule has 0 radical (unpaired) electrons. The summed E-state index contributed by atoms with van der Waals surface area (Å²) in [4.78, 5) is 25.2. The first kappa shape index (κ1) is 28.2. The van der Waals surface area contributed by atoms with Gasteiger partial charge < -0.3 is 18.8 Å². The van der Waals surface area contributed by atoms with E-state index >= 15 is 0 Å². The van der Waals surface area contributed by atoms with Crippen LogP contribution in [0.3, 0.4) is 0 Å². The Kier molecular flexibility index (Phi) is 9.35. The lowest BCUT2D eigenvalue weighted by Crippen LogP contribution is -2.17. The summed E-state index contributed by atoms with van der Waals surface area (Å²) in [6.45, 7) is 6.81. The average Bonchev–Trinajstić information content (AvgIpc) is 3.31. The van der Waals surface area contributed by atoms with Gasteiger partial charge in [0.2, 0.25) is 0 Å². The maximum atomic E-state index is 12.6. The molecule has 0 unspecified atom stereocenters. The minimum Gasteiger partial charge on any atom is -0.494 e. The largest absolute Gasteiger partial charge is 0.494 e. The van der Waals surface area contributed by atoms with E-state index in [0.717, 1.165) is 29.9 Å². The highest BCUT2D eigenvalue weighted by atomic mass is 16.6. The van der Waals surface area contributed by atoms with Crippen LogP contribution >= 0.6 is 0 Å². The zero-order valence-corrected chi connectivity index (χ0v) is 23.1. The van der Waals surface area contributed by atoms with Gasteiger partial charge in [0, 0.05) is 22.6 Å². The number of amides is 1. The van der Waals surface area contributed by atoms with Gasteiger partial charge in [-0.05, 0) is 105 Å². The van der Waals surface area contributed by atoms with Crippen LogP contribution in [0.2, 0.25) is 0 Å². The molecule has 0 aliphatic heterocycles. The second-order valence-electron chi connectivity index (χ2n) is 9.22. The van der Waals surface area contributed by atoms with E-state index in [1.54, 1.807) is 54.6 Å². The Morgan fingerprint density at radius 2 is 1.55 bits per heavy atom. The third-order valence-electron chi connectivity index (χ3n) is 6.29. The van der Waals surface area contributed by atoms with Gasteiger partial charge >= 0.3 is 5.97 Å². The molecule has 4 rings (SSSR count). The van der Waals surface area contributed by atoms with Gasteiger partial charge in [-0.2, -0.15) is 5.10 Å². The summed E-state index contributed by atoms with van der Waals surface area (Å²) < 4.78 is 18.7. The monoisotopic (exact) mass is 539 g/mol. The summed E-state index contributed by atoms with van der Waals surface area (Å²) in [5, 5.41) is 4.06. The van der Waals surface area contributed by atoms with Gasteiger partial charge in [0.15, 0.2) is 11.5 Å². The van der Waals surface area contributed by atoms with E-state index in [2.05, 4.69) is 34.2 Å². The van der Waals surface area contributed by atoms with Gasteiger partial charge in [-0.25, -0.2) is 10.2 Å². The van der Waals surface area contributed by atoms with Crippen molar-refractivity contribution in [2.75, 3.05) is 13.7 Å². The van der Waals surface area contributed by atoms with E-state index in [9.17, 15) is 9.59 Å². The molecule has 8 heteroatoms. The Labute approximate surface area is 234 Å². The van der Waals surface area contributed by atoms with Crippen molar-refractivity contribution in [1.29, 1.82) is 0 Å². The van der Waals surface area contributed by atoms with Crippen molar-refractivity contribution in [3.8, 4) is 22.9 Å². The Hall–Kier alpha value is -4.85. The number of aromatic nitrogens is 1. The number of ether oxygens (including phenoxy) is 3. The lowest BCUT2D eigenvalue weighted by molar-refractivity contribution is 0.0729. The van der Waals surface area contributed by atoms with E-state index in [1.807, 2.05) is 26.0 Å². The van der Waals surface area contributed by atoms with Crippen molar-refractivity contribution in [1.82, 2.24) is 9.99 Å². The molecule has 3 aromatic carbocycles. The van der Waals surface area contributed by atoms with Crippen LogP contribution in [0.5, 0.6) is 17.2 Å². The number of benzene rings is 3. The molecule has 40 heavy (non-hydrogen) atoms. The number of rotatable bonds is 11. The average molecular weight is 540 g/mol. The maximum absolute atomic E-state index is 12.6. The molecule has 1 aromatic heterocycles. The molecule has 4 aromatic rings. The molecule has 0 aliphatic rings. The Morgan fingerprint density at radius 3 is 2.20 bits per heavy atom. The fourth-order valence-electron chi connectivity index (χ4n) is 4.10. The zero-order valence-electron chi connectivity index (χ0n) is 23.1. The van der Waals surface area contributed by atoms with Crippen LogP contribution in [0.15, 0.2) is 84.0 Å². The van der Waals surface area contributed by atoms with E-state index in [4.69, 9.17) is 14.2 Å². The maximum Gasteiger partial charge on any atom is 0.343 e. The molecule has 0 saturated heterocycles. The summed E-state index contributed by atoms with van der Waals surface area (Å²) in [6.07, 6.45) is 3.51. The third kappa shape index (κ3) is 6.96. The Morgan fingerprint density at radius 1 is 0.875 bits per heavy atom. The Bertz CT molecular complexity index is 1470. The number of aryl methyl sites for hydroxylation is 2. The Balaban J connectivity index is 1.35. The fourth-order valence-corrected chi connectivity index (χ4v) is 4.10. The first-order valence-corrected chi connectivity index (χ1v) is 13.1. The molecule has 1 heterocycles. The lowest BCUT2D eigenvalue weighted by atomic mass is 10.2. The molecule has 0 spiro atoms. The molecular weight excluding hydrogens is 506 g/mol. The summed E-state index contributed by atoms with van der Waals surface area (Å²) >= 11 is 0. The summed E-state index contributed by atoms with van der Waals surface area (Å²) in [5.74, 6) is 0.486. The van der Waals surface area contributed by atoms with Crippen molar-refractivity contribution >= 4 is 18.1 Å². The second-order valence-corrected chi connectivity index (χ2v) is 9.22. The number of carbonyl (C=O) groups is 2. The molecule has 0 bridgehead atoms. The predicted octanol–water partition coefficient (Wildman–Crippen LogP) is 6.26. The number of hydrogen-bond donors (Lipinski definition) is 1. The van der Waals surface area contributed by atoms with Crippen LogP contribution < -0.4 is 19.6 Å². The van der Waals surface area contributed by atoms with E-state index < -0.39 is 5.97 Å². The number of carbonyl (C=O) groups excluding carboxylic acids is 2. The highest BCUT2D eigenvalue weighted by Gasteiger charge is 2.13. The summed E-state index contributed by atoms with van der Waals surface area (Å²) in [5.41, 5.74) is 7.31. The van der Waals surface area contributed by atoms with E-state index in [0.29, 0.717) is 34.8 Å². The van der Waals surface area contributed by atoms with Gasteiger partial charge in [-0.3, -0.25) is 4.79 Å². The molecule has 0 atom stereocenters. The number of methoxy groups -OCH3 is 1. The van der Waals surface area contributed by atoms with E-state index in [-0.39, 0.29) is 11.7 Å². The standard InChI is InChI=1S/C32H33N3O5/c1-5-6-19-39-28-16-12-26(13-17-28)32(37)40-29-18-9-24(20-30(29)38-4)21-33-34-31(36)25-10-14-27(15-11-25)35-22(2)7-8-23(35)3/h7-18,20-21H,5-6,19H2,1-4H3,(H,34,36)/b33-21+. The normalized spacial score (nSPS) is 10.9. The molecule has 206 valence electrons. The first-order valence-electron chi connectivity index (χ1n) is 13.1. The van der Waals surface area contributed by atoms with Gasteiger partial charge in [0.1, 0.15) is 5.75 Å². The third-order valence-corrected chi connectivity index (χ3v) is 6.29. The smallest absolute Gasteiger partial charge is 0.343 e. The number of esters is 1. The van der Waals surface area contributed by atoms with Crippen LogP contribution in [-0.2, 0) is 0 Å². The van der Waals surface area contributed by atoms with Crippen LogP contribution in [0.4, 0.5) is 0 Å². The van der Waals surface area contributed by atoms with Crippen LogP contribution in [-0.4, -0.2) is 36.4 Å². The van der Waals surface area contributed by atoms with Gasteiger partial charge in [-0.15, -0.1) is 0 Å². The molecule has 1 N–H and O–H groups in total. The minimum atomic E-state index is -0.514. The van der Waals surface area contributed by atoms with Crippen LogP contribution in [0, 0.1) is 13.8 Å².